The second kappa shape index (κ2) is 7.46. The quantitative estimate of drug-likeness (QED) is 0.499. The third-order valence-electron chi connectivity index (χ3n) is 3.49. The maximum absolute atomic E-state index is 12.7. The monoisotopic (exact) mass is 396 g/mol. The summed E-state index contributed by atoms with van der Waals surface area (Å²) >= 11 is 0. The van der Waals surface area contributed by atoms with Crippen LogP contribution in [-0.2, 0) is 19.3 Å². The van der Waals surface area contributed by atoms with E-state index in [0.29, 0.717) is 0 Å². The normalized spacial score (nSPS) is 11.4. The van der Waals surface area contributed by atoms with E-state index in [1.54, 1.807) is 0 Å². The molecule has 0 saturated carbocycles. The number of carbonyl (C=O) groups is 1. The van der Waals surface area contributed by atoms with Gasteiger partial charge in [0.1, 0.15) is 6.54 Å². The molecule has 0 saturated heterocycles. The van der Waals surface area contributed by atoms with E-state index in [9.17, 15) is 28.1 Å². The van der Waals surface area contributed by atoms with Gasteiger partial charge in [0.2, 0.25) is 0 Å². The Morgan fingerprint density at radius 2 is 2.11 bits per heavy atom. The fourth-order valence-corrected chi connectivity index (χ4v) is 2.21. The molecule has 0 spiro atoms. The zero-order valence-corrected chi connectivity index (χ0v) is 13.9. The lowest BCUT2D eigenvalue weighted by Crippen LogP contribution is -2.23. The number of nitro groups is 1. The van der Waals surface area contributed by atoms with E-state index in [-0.39, 0.29) is 30.3 Å². The van der Waals surface area contributed by atoms with E-state index in [1.807, 2.05) is 0 Å². The van der Waals surface area contributed by atoms with Crippen LogP contribution in [-0.4, -0.2) is 30.8 Å². The molecule has 0 aliphatic carbocycles. The fourth-order valence-electron chi connectivity index (χ4n) is 2.21. The standard InChI is InChI=1S/C15H11F3N6O4/c16-15(17,18)10-3-1-2-9(6-10)7-19-13(25)14-20-11(22-28-14)8-23-5-4-12(21-23)24(26)27/h1-6H,7-8H2,(H,19,25). The van der Waals surface area contributed by atoms with Gasteiger partial charge >= 0.3 is 23.8 Å². The Bertz CT molecular complexity index is 1010. The molecule has 0 radical (unpaired) electrons. The third kappa shape index (κ3) is 4.49. The summed E-state index contributed by atoms with van der Waals surface area (Å²) in [6.45, 7) is -0.246. The molecule has 0 fully saturated rings. The first-order chi connectivity index (χ1) is 13.2. The van der Waals surface area contributed by atoms with Crippen molar-refractivity contribution in [1.29, 1.82) is 0 Å². The van der Waals surface area contributed by atoms with Gasteiger partial charge in [0.15, 0.2) is 5.82 Å². The summed E-state index contributed by atoms with van der Waals surface area (Å²) in [5.41, 5.74) is -0.584. The molecule has 28 heavy (non-hydrogen) atoms. The molecule has 3 aromatic rings. The molecular weight excluding hydrogens is 385 g/mol. The summed E-state index contributed by atoms with van der Waals surface area (Å²) in [6.07, 6.45) is -3.15. The van der Waals surface area contributed by atoms with Crippen molar-refractivity contribution in [2.24, 2.45) is 0 Å². The molecule has 0 bridgehead atoms. The molecule has 146 valence electrons. The van der Waals surface area contributed by atoms with Gasteiger partial charge in [0.05, 0.1) is 22.9 Å². The SMILES string of the molecule is O=C(NCc1cccc(C(F)(F)F)c1)c1nc(Cn2ccc([N+](=O)[O-])n2)no1. The minimum absolute atomic E-state index is 0.0437. The summed E-state index contributed by atoms with van der Waals surface area (Å²) < 4.78 is 44.1. The topological polar surface area (TPSA) is 129 Å². The molecule has 10 nitrogen and oxygen atoms in total. The van der Waals surface area contributed by atoms with Crippen LogP contribution in [0, 0.1) is 10.1 Å². The number of halogens is 3. The van der Waals surface area contributed by atoms with Crippen LogP contribution in [0.3, 0.4) is 0 Å². The number of carbonyl (C=O) groups excluding carboxylic acids is 1. The number of nitrogens with one attached hydrogen (secondary N) is 1. The Morgan fingerprint density at radius 1 is 1.32 bits per heavy atom. The second-order valence-electron chi connectivity index (χ2n) is 5.53. The summed E-state index contributed by atoms with van der Waals surface area (Å²) in [5, 5.41) is 20.2. The van der Waals surface area contributed by atoms with E-state index in [2.05, 4.69) is 20.6 Å². The van der Waals surface area contributed by atoms with Gasteiger partial charge < -0.3 is 20.0 Å². The molecule has 2 aromatic heterocycles. The van der Waals surface area contributed by atoms with Crippen LogP contribution in [0.2, 0.25) is 0 Å². The average molecular weight is 396 g/mol. The van der Waals surface area contributed by atoms with Crippen molar-refractivity contribution in [3.05, 3.63) is 69.5 Å². The van der Waals surface area contributed by atoms with Gasteiger partial charge in [0.25, 0.3) is 0 Å². The fraction of sp³-hybridized carbons (Fsp3) is 0.200. The van der Waals surface area contributed by atoms with Crippen molar-refractivity contribution in [3.63, 3.8) is 0 Å². The number of benzene rings is 1. The van der Waals surface area contributed by atoms with Gasteiger partial charge in [0, 0.05) is 6.54 Å². The van der Waals surface area contributed by atoms with Crippen molar-refractivity contribution >= 4 is 11.7 Å². The number of hydrogen-bond acceptors (Lipinski definition) is 7. The molecule has 0 aliphatic rings. The Balaban J connectivity index is 1.60. The lowest BCUT2D eigenvalue weighted by Gasteiger charge is -2.08. The predicted molar refractivity (Wildman–Crippen MR) is 84.9 cm³/mol. The zero-order valence-electron chi connectivity index (χ0n) is 13.9. The number of aromatic nitrogens is 4. The lowest BCUT2D eigenvalue weighted by molar-refractivity contribution is -0.389. The lowest BCUT2D eigenvalue weighted by atomic mass is 10.1. The van der Waals surface area contributed by atoms with Crippen LogP contribution in [0.15, 0.2) is 41.1 Å². The summed E-state index contributed by atoms with van der Waals surface area (Å²) in [5.74, 6) is -1.49. The van der Waals surface area contributed by atoms with Gasteiger partial charge in [-0.05, 0) is 22.6 Å². The van der Waals surface area contributed by atoms with Gasteiger partial charge in [-0.25, -0.2) is 0 Å². The highest BCUT2D eigenvalue weighted by atomic mass is 19.4. The van der Waals surface area contributed by atoms with E-state index >= 15 is 0 Å². The highest BCUT2D eigenvalue weighted by Crippen LogP contribution is 2.29. The molecule has 13 heteroatoms. The maximum atomic E-state index is 12.7. The van der Waals surface area contributed by atoms with Crippen molar-refractivity contribution < 1.29 is 27.4 Å². The molecule has 3 rings (SSSR count). The Labute approximate surface area is 154 Å². The van der Waals surface area contributed by atoms with Crippen molar-refractivity contribution in [2.45, 2.75) is 19.3 Å². The molecule has 0 aliphatic heterocycles. The number of rotatable bonds is 6. The minimum Gasteiger partial charge on any atom is -0.358 e. The molecule has 2 heterocycles. The van der Waals surface area contributed by atoms with E-state index < -0.39 is 28.5 Å². The van der Waals surface area contributed by atoms with Crippen LogP contribution < -0.4 is 5.32 Å². The van der Waals surface area contributed by atoms with E-state index in [0.717, 1.165) is 12.1 Å². The van der Waals surface area contributed by atoms with Gasteiger partial charge in [-0.2, -0.15) is 22.8 Å². The zero-order chi connectivity index (χ0) is 20.3. The first-order valence-corrected chi connectivity index (χ1v) is 7.67. The first-order valence-electron chi connectivity index (χ1n) is 7.67. The third-order valence-corrected chi connectivity index (χ3v) is 3.49. The molecule has 1 N–H and O–H groups in total. The summed E-state index contributed by atoms with van der Waals surface area (Å²) in [4.78, 5) is 25.8. The smallest absolute Gasteiger partial charge is 0.358 e. The Kier molecular flexibility index (Phi) is 5.06. The van der Waals surface area contributed by atoms with E-state index in [4.69, 9.17) is 4.52 Å². The van der Waals surface area contributed by atoms with Gasteiger partial charge in [-0.3, -0.25) is 4.79 Å². The first kappa shape index (κ1) is 19.0. The Hall–Kier alpha value is -3.77. The summed E-state index contributed by atoms with van der Waals surface area (Å²) in [6, 6.07) is 5.69. The highest BCUT2D eigenvalue weighted by Gasteiger charge is 2.30. The van der Waals surface area contributed by atoms with Crippen LogP contribution >= 0.6 is 0 Å². The number of alkyl halides is 3. The number of nitrogens with zero attached hydrogens (tertiary/aromatic N) is 5. The van der Waals surface area contributed by atoms with Crippen LogP contribution in [0.4, 0.5) is 19.0 Å². The summed E-state index contributed by atoms with van der Waals surface area (Å²) in [7, 11) is 0. The van der Waals surface area contributed by atoms with Crippen LogP contribution in [0.25, 0.3) is 0 Å². The number of hydrogen-bond donors (Lipinski definition) is 1. The largest absolute Gasteiger partial charge is 0.416 e. The molecule has 1 amide bonds. The maximum Gasteiger partial charge on any atom is 0.416 e. The predicted octanol–water partition coefficient (Wildman–Crippen LogP) is 2.17. The molecular formula is C15H11F3N6O4. The molecule has 0 atom stereocenters. The Morgan fingerprint density at radius 3 is 2.79 bits per heavy atom. The van der Waals surface area contributed by atoms with E-state index in [1.165, 1.54) is 29.1 Å². The van der Waals surface area contributed by atoms with Gasteiger partial charge in [-0.1, -0.05) is 17.3 Å². The average Bonchev–Trinajstić information content (AvgIpc) is 3.29. The minimum atomic E-state index is -4.48. The van der Waals surface area contributed by atoms with Crippen LogP contribution in [0.5, 0.6) is 0 Å². The molecule has 0 unspecified atom stereocenters. The second-order valence-corrected chi connectivity index (χ2v) is 5.53. The van der Waals surface area contributed by atoms with Crippen molar-refractivity contribution in [2.75, 3.05) is 0 Å². The van der Waals surface area contributed by atoms with Crippen LogP contribution in [0.1, 0.15) is 27.6 Å². The number of amides is 1. The van der Waals surface area contributed by atoms with Gasteiger partial charge in [-0.15, -0.1) is 0 Å². The van der Waals surface area contributed by atoms with Crippen molar-refractivity contribution in [1.82, 2.24) is 25.2 Å². The highest BCUT2D eigenvalue weighted by molar-refractivity contribution is 5.89. The molecule has 1 aromatic carbocycles. The van der Waals surface area contributed by atoms with Crippen molar-refractivity contribution in [3.8, 4) is 0 Å².